The summed E-state index contributed by atoms with van der Waals surface area (Å²) in [6.45, 7) is 0. The van der Waals surface area contributed by atoms with Gasteiger partial charge in [0.25, 0.3) is 20.9 Å². The number of hydrogen-bond acceptors (Lipinski definition) is 6. The molecule has 3 N–H and O–H groups in total. The molecule has 0 aliphatic carbocycles. The molecule has 0 bridgehead atoms. The molecule has 0 saturated carbocycles. The number of primary sulfonamides is 1. The minimum atomic E-state index is -4.13. The summed E-state index contributed by atoms with van der Waals surface area (Å²) >= 11 is 0. The van der Waals surface area contributed by atoms with Gasteiger partial charge in [-0.1, -0.05) is 0 Å². The molecule has 0 fully saturated rings. The van der Waals surface area contributed by atoms with Gasteiger partial charge in [-0.15, -0.1) is 0 Å². The first-order valence-electron chi connectivity index (χ1n) is 4.68. The molecule has 19 heavy (non-hydrogen) atoms. The van der Waals surface area contributed by atoms with Crippen LogP contribution < -0.4 is 5.14 Å². The molecule has 0 saturated heterocycles. The molecule has 1 heterocycles. The normalized spacial score (nSPS) is 11.5. The molecule has 2 aromatic rings. The lowest BCUT2D eigenvalue weighted by molar-refractivity contribution is -0.384. The maximum absolute atomic E-state index is 13.1. The summed E-state index contributed by atoms with van der Waals surface area (Å²) in [7, 11) is -4.13. The Morgan fingerprint density at radius 2 is 2.11 bits per heavy atom. The average molecular weight is 287 g/mol. The van der Waals surface area contributed by atoms with Crippen molar-refractivity contribution in [3.63, 3.8) is 0 Å². The highest BCUT2D eigenvalue weighted by molar-refractivity contribution is 7.89. The predicted octanol–water partition coefficient (Wildman–Crippen LogP) is 0.166. The molecule has 11 heteroatoms. The maximum atomic E-state index is 13.1. The summed E-state index contributed by atoms with van der Waals surface area (Å²) in [5, 5.41) is 20.4. The SMILES string of the molecule is NS(=O)(=O)c1nc(-c2cc(F)ccc2[N+](=O)[O-])n[nH]1. The van der Waals surface area contributed by atoms with Crippen molar-refractivity contribution >= 4 is 15.7 Å². The van der Waals surface area contributed by atoms with Crippen molar-refractivity contribution in [3.8, 4) is 11.4 Å². The number of H-pyrrole nitrogens is 1. The smallest absolute Gasteiger partial charge is 0.258 e. The second-order valence-corrected chi connectivity index (χ2v) is 4.90. The van der Waals surface area contributed by atoms with Gasteiger partial charge < -0.3 is 0 Å². The molecule has 0 amide bonds. The van der Waals surface area contributed by atoms with Crippen LogP contribution in [0, 0.1) is 15.9 Å². The third-order valence-corrected chi connectivity index (χ3v) is 2.85. The molecule has 0 aliphatic heterocycles. The zero-order valence-corrected chi connectivity index (χ0v) is 9.89. The second kappa shape index (κ2) is 4.37. The minimum absolute atomic E-state index is 0.254. The van der Waals surface area contributed by atoms with Gasteiger partial charge in [0.2, 0.25) is 0 Å². The van der Waals surface area contributed by atoms with E-state index in [0.29, 0.717) is 0 Å². The molecule has 100 valence electrons. The predicted molar refractivity (Wildman–Crippen MR) is 59.8 cm³/mol. The number of nitrogens with one attached hydrogen (secondary N) is 1. The number of sulfonamides is 1. The Balaban J connectivity index is 2.62. The largest absolute Gasteiger partial charge is 0.280 e. The van der Waals surface area contributed by atoms with Crippen molar-refractivity contribution in [1.29, 1.82) is 0 Å². The van der Waals surface area contributed by atoms with E-state index in [2.05, 4.69) is 10.1 Å². The van der Waals surface area contributed by atoms with E-state index in [4.69, 9.17) is 5.14 Å². The molecular weight excluding hydrogens is 281 g/mol. The molecule has 1 aromatic heterocycles. The molecule has 0 unspecified atom stereocenters. The molecule has 0 spiro atoms. The molecule has 2 rings (SSSR count). The van der Waals surface area contributed by atoms with Crippen molar-refractivity contribution in [3.05, 3.63) is 34.1 Å². The van der Waals surface area contributed by atoms with E-state index >= 15 is 0 Å². The highest BCUT2D eigenvalue weighted by atomic mass is 32.2. The third kappa shape index (κ3) is 2.56. The monoisotopic (exact) mass is 287 g/mol. The molecule has 1 aromatic carbocycles. The van der Waals surface area contributed by atoms with Crippen molar-refractivity contribution in [2.45, 2.75) is 5.16 Å². The summed E-state index contributed by atoms with van der Waals surface area (Å²) in [5.41, 5.74) is -0.711. The van der Waals surface area contributed by atoms with Crippen molar-refractivity contribution in [1.82, 2.24) is 15.2 Å². The molecule has 0 aliphatic rings. The molecule has 0 radical (unpaired) electrons. The van der Waals surface area contributed by atoms with Gasteiger partial charge in [0.05, 0.1) is 4.92 Å². The van der Waals surface area contributed by atoms with Crippen LogP contribution in [0.5, 0.6) is 0 Å². The number of benzene rings is 1. The van der Waals surface area contributed by atoms with Crippen LogP contribution >= 0.6 is 0 Å². The van der Waals surface area contributed by atoms with Crippen LogP contribution in [0.4, 0.5) is 10.1 Å². The van der Waals surface area contributed by atoms with Gasteiger partial charge in [0.1, 0.15) is 11.4 Å². The van der Waals surface area contributed by atoms with E-state index in [0.717, 1.165) is 18.2 Å². The highest BCUT2D eigenvalue weighted by Gasteiger charge is 2.22. The van der Waals surface area contributed by atoms with Gasteiger partial charge >= 0.3 is 0 Å². The van der Waals surface area contributed by atoms with E-state index in [1.54, 1.807) is 0 Å². The number of aromatic nitrogens is 3. The van der Waals surface area contributed by atoms with Gasteiger partial charge in [-0.2, -0.15) is 10.1 Å². The van der Waals surface area contributed by atoms with Crippen molar-refractivity contribution in [2.75, 3.05) is 0 Å². The molecule has 0 atom stereocenters. The molecule has 9 nitrogen and oxygen atoms in total. The fourth-order valence-electron chi connectivity index (χ4n) is 1.34. The van der Waals surface area contributed by atoms with Gasteiger partial charge in [-0.3, -0.25) is 10.1 Å². The number of halogens is 1. The first-order valence-corrected chi connectivity index (χ1v) is 6.23. The number of rotatable bonds is 3. The van der Waals surface area contributed by atoms with E-state index in [9.17, 15) is 22.9 Å². The van der Waals surface area contributed by atoms with Crippen LogP contribution in [0.25, 0.3) is 11.4 Å². The van der Waals surface area contributed by atoms with Crippen LogP contribution in [-0.2, 0) is 10.0 Å². The standard InChI is InChI=1S/C8H6FN5O4S/c9-4-1-2-6(14(15)16)5(3-4)7-11-8(13-12-7)19(10,17)18/h1-3H,(H2,10,17,18)(H,11,12,13). The van der Waals surface area contributed by atoms with Gasteiger partial charge in [0.15, 0.2) is 5.82 Å². The minimum Gasteiger partial charge on any atom is -0.258 e. The lowest BCUT2D eigenvalue weighted by atomic mass is 10.1. The summed E-state index contributed by atoms with van der Waals surface area (Å²) in [4.78, 5) is 13.5. The highest BCUT2D eigenvalue weighted by Crippen LogP contribution is 2.28. The van der Waals surface area contributed by atoms with E-state index in [1.165, 1.54) is 0 Å². The van der Waals surface area contributed by atoms with Crippen molar-refractivity contribution < 1.29 is 17.7 Å². The Labute approximate surface area is 105 Å². The average Bonchev–Trinajstić information content (AvgIpc) is 2.77. The first kappa shape index (κ1) is 13.0. The van der Waals surface area contributed by atoms with Crippen LogP contribution in [0.2, 0.25) is 0 Å². The van der Waals surface area contributed by atoms with E-state index < -0.39 is 31.6 Å². The number of hydrogen-bond donors (Lipinski definition) is 2. The fraction of sp³-hybridized carbons (Fsp3) is 0. The second-order valence-electron chi connectivity index (χ2n) is 3.43. The Morgan fingerprint density at radius 3 is 2.63 bits per heavy atom. The third-order valence-electron chi connectivity index (χ3n) is 2.13. The topological polar surface area (TPSA) is 145 Å². The number of nitrogens with zero attached hydrogens (tertiary/aromatic N) is 3. The van der Waals surface area contributed by atoms with Gasteiger partial charge in [0, 0.05) is 6.07 Å². The van der Waals surface area contributed by atoms with Gasteiger partial charge in [-0.05, 0) is 12.1 Å². The molecular formula is C8H6FN5O4S. The summed E-state index contributed by atoms with van der Waals surface area (Å²) in [6, 6.07) is 2.65. The quantitative estimate of drug-likeness (QED) is 0.607. The first-order chi connectivity index (χ1) is 8.79. The summed E-state index contributed by atoms with van der Waals surface area (Å²) in [6.07, 6.45) is 0. The number of aromatic amines is 1. The maximum Gasteiger partial charge on any atom is 0.280 e. The number of nitrogens with two attached hydrogens (primary N) is 1. The van der Waals surface area contributed by atoms with Gasteiger partial charge in [-0.25, -0.2) is 23.0 Å². The number of nitro benzene ring substituents is 1. The Morgan fingerprint density at radius 1 is 1.42 bits per heavy atom. The van der Waals surface area contributed by atoms with Crippen LogP contribution in [0.3, 0.4) is 0 Å². The Kier molecular flexibility index (Phi) is 3.00. The Bertz CT molecular complexity index is 756. The van der Waals surface area contributed by atoms with Crippen molar-refractivity contribution in [2.24, 2.45) is 5.14 Å². The summed E-state index contributed by atoms with van der Waals surface area (Å²) in [5.74, 6) is -1.09. The van der Waals surface area contributed by atoms with E-state index in [-0.39, 0.29) is 11.4 Å². The zero-order chi connectivity index (χ0) is 14.2. The van der Waals surface area contributed by atoms with Crippen LogP contribution in [0.1, 0.15) is 0 Å². The lowest BCUT2D eigenvalue weighted by Gasteiger charge is -1.98. The summed E-state index contributed by atoms with van der Waals surface area (Å²) < 4.78 is 35.1. The van der Waals surface area contributed by atoms with E-state index in [1.807, 2.05) is 5.10 Å². The zero-order valence-electron chi connectivity index (χ0n) is 9.07. The van der Waals surface area contributed by atoms with Crippen LogP contribution in [-0.4, -0.2) is 28.5 Å². The van der Waals surface area contributed by atoms with Crippen LogP contribution in [0.15, 0.2) is 23.4 Å². The fourth-order valence-corrected chi connectivity index (χ4v) is 1.73. The number of nitro groups is 1. The lowest BCUT2D eigenvalue weighted by Crippen LogP contribution is -2.13. The Hall–Kier alpha value is -2.40.